The predicted octanol–water partition coefficient (Wildman–Crippen LogP) is 0.381. The summed E-state index contributed by atoms with van der Waals surface area (Å²) in [6.07, 6.45) is 6.21. The van der Waals surface area contributed by atoms with Crippen LogP contribution in [0.5, 0.6) is 0 Å². The van der Waals surface area contributed by atoms with Crippen molar-refractivity contribution in [2.24, 2.45) is 0 Å². The van der Waals surface area contributed by atoms with Gasteiger partial charge in [-0.3, -0.25) is 4.90 Å². The Morgan fingerprint density at radius 1 is 1.50 bits per heavy atom. The van der Waals surface area contributed by atoms with E-state index in [1.807, 2.05) is 6.08 Å². The molecule has 2 rings (SSSR count). The van der Waals surface area contributed by atoms with E-state index in [4.69, 9.17) is 0 Å². The van der Waals surface area contributed by atoms with Gasteiger partial charge in [-0.15, -0.1) is 0 Å². The molecule has 2 atom stereocenters. The Hall–Kier alpha value is -0.340. The van der Waals surface area contributed by atoms with E-state index in [9.17, 15) is 5.11 Å². The highest BCUT2D eigenvalue weighted by Gasteiger charge is 2.30. The highest BCUT2D eigenvalue weighted by atomic mass is 16.3. The van der Waals surface area contributed by atoms with Gasteiger partial charge < -0.3 is 5.11 Å². The molecular formula is C8H13NO. The number of nitrogens with zero attached hydrogens (tertiary/aromatic N) is 1. The summed E-state index contributed by atoms with van der Waals surface area (Å²) in [5.74, 6) is 0. The highest BCUT2D eigenvalue weighted by molar-refractivity contribution is 5.04. The van der Waals surface area contributed by atoms with Gasteiger partial charge >= 0.3 is 0 Å². The van der Waals surface area contributed by atoms with Gasteiger partial charge in [0.2, 0.25) is 0 Å². The summed E-state index contributed by atoms with van der Waals surface area (Å²) in [5.41, 5.74) is 0. The molecule has 0 aromatic carbocycles. The number of aliphatic hydroxyl groups excluding tert-OH is 1. The van der Waals surface area contributed by atoms with Gasteiger partial charge in [0.05, 0.1) is 6.10 Å². The fraction of sp³-hybridized carbons (Fsp3) is 0.750. The van der Waals surface area contributed by atoms with Gasteiger partial charge in [-0.25, -0.2) is 0 Å². The molecule has 0 aromatic heterocycles. The topological polar surface area (TPSA) is 23.5 Å². The van der Waals surface area contributed by atoms with E-state index < -0.39 is 0 Å². The fourth-order valence-corrected chi connectivity index (χ4v) is 1.93. The lowest BCUT2D eigenvalue weighted by Gasteiger charge is -2.29. The zero-order chi connectivity index (χ0) is 6.97. The van der Waals surface area contributed by atoms with E-state index in [-0.39, 0.29) is 6.10 Å². The van der Waals surface area contributed by atoms with Crippen LogP contribution >= 0.6 is 0 Å². The van der Waals surface area contributed by atoms with Crippen molar-refractivity contribution >= 4 is 0 Å². The lowest BCUT2D eigenvalue weighted by atomic mass is 10.1. The van der Waals surface area contributed by atoms with Crippen LogP contribution < -0.4 is 0 Å². The lowest BCUT2D eigenvalue weighted by molar-refractivity contribution is 0.104. The van der Waals surface area contributed by atoms with Gasteiger partial charge in [0.25, 0.3) is 0 Å². The summed E-state index contributed by atoms with van der Waals surface area (Å²) in [6, 6.07) is 0.435. The molecule has 0 spiro atoms. The van der Waals surface area contributed by atoms with Crippen molar-refractivity contribution in [2.75, 3.05) is 13.1 Å². The van der Waals surface area contributed by atoms with E-state index >= 15 is 0 Å². The largest absolute Gasteiger partial charge is 0.387 e. The van der Waals surface area contributed by atoms with Crippen LogP contribution in [0.25, 0.3) is 0 Å². The molecule has 2 heteroatoms. The van der Waals surface area contributed by atoms with E-state index in [1.165, 1.54) is 19.4 Å². The van der Waals surface area contributed by atoms with Crippen LogP contribution in [0.15, 0.2) is 12.2 Å². The lowest BCUT2D eigenvalue weighted by Crippen LogP contribution is -2.40. The minimum atomic E-state index is -0.198. The van der Waals surface area contributed by atoms with Gasteiger partial charge in [-0.1, -0.05) is 12.2 Å². The second kappa shape index (κ2) is 2.36. The fourth-order valence-electron chi connectivity index (χ4n) is 1.93. The Kier molecular flexibility index (Phi) is 1.51. The molecule has 2 aliphatic rings. The molecule has 0 aliphatic carbocycles. The zero-order valence-corrected chi connectivity index (χ0v) is 6.03. The second-order valence-electron chi connectivity index (χ2n) is 3.12. The molecule has 0 amide bonds. The normalized spacial score (nSPS) is 40.1. The van der Waals surface area contributed by atoms with Crippen LogP contribution in [-0.4, -0.2) is 35.2 Å². The molecule has 2 heterocycles. The Bertz CT molecular complexity index is 155. The molecule has 1 fully saturated rings. The Balaban J connectivity index is 2.13. The third kappa shape index (κ3) is 0.879. The first-order valence-electron chi connectivity index (χ1n) is 3.97. The maximum Gasteiger partial charge on any atom is 0.0876 e. The number of aliphatic hydroxyl groups is 1. The van der Waals surface area contributed by atoms with Crippen molar-refractivity contribution < 1.29 is 5.11 Å². The van der Waals surface area contributed by atoms with Crippen molar-refractivity contribution in [1.29, 1.82) is 0 Å². The average Bonchev–Trinajstić information content (AvgIpc) is 2.36. The molecule has 0 radical (unpaired) electrons. The Morgan fingerprint density at radius 3 is 3.20 bits per heavy atom. The molecule has 2 aliphatic heterocycles. The first-order chi connectivity index (χ1) is 4.88. The van der Waals surface area contributed by atoms with E-state index in [0.29, 0.717) is 6.04 Å². The third-order valence-corrected chi connectivity index (χ3v) is 2.48. The van der Waals surface area contributed by atoms with Crippen molar-refractivity contribution in [3.63, 3.8) is 0 Å². The van der Waals surface area contributed by atoms with Crippen LogP contribution in [0.1, 0.15) is 12.8 Å². The quantitative estimate of drug-likeness (QED) is 0.490. The maximum absolute atomic E-state index is 9.45. The summed E-state index contributed by atoms with van der Waals surface area (Å²) in [6.45, 7) is 2.22. The molecule has 2 nitrogen and oxygen atoms in total. The number of rotatable bonds is 0. The molecule has 0 bridgehead atoms. The summed E-state index contributed by atoms with van der Waals surface area (Å²) in [7, 11) is 0. The Morgan fingerprint density at radius 2 is 2.40 bits per heavy atom. The summed E-state index contributed by atoms with van der Waals surface area (Å²) in [4.78, 5) is 2.35. The summed E-state index contributed by atoms with van der Waals surface area (Å²) < 4.78 is 0. The first-order valence-corrected chi connectivity index (χ1v) is 3.97. The molecule has 0 unspecified atom stereocenters. The van der Waals surface area contributed by atoms with Crippen molar-refractivity contribution in [3.05, 3.63) is 12.2 Å². The van der Waals surface area contributed by atoms with Crippen molar-refractivity contribution in [2.45, 2.75) is 25.0 Å². The van der Waals surface area contributed by atoms with Gasteiger partial charge in [0.15, 0.2) is 0 Å². The van der Waals surface area contributed by atoms with Gasteiger partial charge in [-0.2, -0.15) is 0 Å². The van der Waals surface area contributed by atoms with Crippen LogP contribution in [-0.2, 0) is 0 Å². The monoisotopic (exact) mass is 139 g/mol. The summed E-state index contributed by atoms with van der Waals surface area (Å²) >= 11 is 0. The molecule has 0 aromatic rings. The number of hydrogen-bond acceptors (Lipinski definition) is 2. The highest BCUT2D eigenvalue weighted by Crippen LogP contribution is 2.23. The third-order valence-electron chi connectivity index (χ3n) is 2.48. The van der Waals surface area contributed by atoms with Crippen molar-refractivity contribution in [3.8, 4) is 0 Å². The maximum atomic E-state index is 9.45. The van der Waals surface area contributed by atoms with E-state index in [0.717, 1.165) is 6.54 Å². The predicted molar refractivity (Wildman–Crippen MR) is 39.7 cm³/mol. The van der Waals surface area contributed by atoms with Crippen molar-refractivity contribution in [1.82, 2.24) is 4.90 Å². The van der Waals surface area contributed by atoms with Crippen LogP contribution in [0.3, 0.4) is 0 Å². The smallest absolute Gasteiger partial charge is 0.0876 e. The number of fused-ring (bicyclic) bond motifs is 1. The van der Waals surface area contributed by atoms with Gasteiger partial charge in [0, 0.05) is 12.6 Å². The molecule has 56 valence electrons. The molecular weight excluding hydrogens is 126 g/mol. The second-order valence-corrected chi connectivity index (χ2v) is 3.12. The number of hydrogen-bond donors (Lipinski definition) is 1. The van der Waals surface area contributed by atoms with E-state index in [1.54, 1.807) is 0 Å². The standard InChI is InChI=1S/C8H13NO/c10-8-4-2-6-9-5-1-3-7(8)9/h2,4,7-8,10H,1,3,5-6H2/t7-,8+/m0/s1. The molecule has 10 heavy (non-hydrogen) atoms. The molecule has 0 saturated carbocycles. The zero-order valence-electron chi connectivity index (χ0n) is 6.03. The minimum Gasteiger partial charge on any atom is -0.387 e. The van der Waals surface area contributed by atoms with Crippen LogP contribution in [0.4, 0.5) is 0 Å². The molecule has 1 N–H and O–H groups in total. The molecule has 1 saturated heterocycles. The van der Waals surface area contributed by atoms with E-state index in [2.05, 4.69) is 11.0 Å². The minimum absolute atomic E-state index is 0.198. The summed E-state index contributed by atoms with van der Waals surface area (Å²) in [5, 5.41) is 9.45. The van der Waals surface area contributed by atoms with Crippen LogP contribution in [0, 0.1) is 0 Å². The van der Waals surface area contributed by atoms with Crippen LogP contribution in [0.2, 0.25) is 0 Å². The average molecular weight is 139 g/mol. The first kappa shape index (κ1) is 6.38. The van der Waals surface area contributed by atoms with Gasteiger partial charge in [0.1, 0.15) is 0 Å². The Labute approximate surface area is 61.1 Å². The SMILES string of the molecule is O[C@@H]1C=CCN2CCC[C@@H]12. The van der Waals surface area contributed by atoms with Gasteiger partial charge in [-0.05, 0) is 19.4 Å².